The van der Waals surface area contributed by atoms with Crippen molar-refractivity contribution in [2.24, 2.45) is 5.73 Å². The number of ether oxygens (including phenoxy) is 1. The van der Waals surface area contributed by atoms with E-state index in [-0.39, 0.29) is 24.4 Å². The highest BCUT2D eigenvalue weighted by molar-refractivity contribution is 9.10. The first-order valence-corrected chi connectivity index (χ1v) is 6.78. The maximum Gasteiger partial charge on any atom is 0.223 e. The number of nitrogens with one attached hydrogen (secondary N) is 1. The second-order valence-corrected chi connectivity index (χ2v) is 5.00. The van der Waals surface area contributed by atoms with Crippen molar-refractivity contribution in [2.75, 3.05) is 13.2 Å². The van der Waals surface area contributed by atoms with Gasteiger partial charge in [-0.3, -0.25) is 4.79 Å². The van der Waals surface area contributed by atoms with E-state index in [9.17, 15) is 4.79 Å². The summed E-state index contributed by atoms with van der Waals surface area (Å²) in [7, 11) is 0. The van der Waals surface area contributed by atoms with Crippen molar-refractivity contribution in [2.45, 2.75) is 25.8 Å². The Balaban J connectivity index is 0.00000324. The summed E-state index contributed by atoms with van der Waals surface area (Å²) in [5, 5.41) is 2.80. The highest BCUT2D eigenvalue weighted by atomic mass is 79.9. The van der Waals surface area contributed by atoms with Gasteiger partial charge in [0, 0.05) is 12.6 Å². The summed E-state index contributed by atoms with van der Waals surface area (Å²) in [5.74, 6) is 0.739. The SMILES string of the molecule is CC(N)CCNC(=O)CCOc1ccccc1Br.Cl. The number of benzene rings is 1. The van der Waals surface area contributed by atoms with Crippen LogP contribution in [0.15, 0.2) is 28.7 Å². The van der Waals surface area contributed by atoms with Crippen molar-refractivity contribution in [1.82, 2.24) is 5.32 Å². The van der Waals surface area contributed by atoms with Gasteiger partial charge in [-0.2, -0.15) is 0 Å². The molecule has 6 heteroatoms. The van der Waals surface area contributed by atoms with Crippen LogP contribution >= 0.6 is 28.3 Å². The first-order chi connectivity index (χ1) is 8.59. The molecular weight excluding hydrogens is 332 g/mol. The molecule has 1 rings (SSSR count). The zero-order valence-electron chi connectivity index (χ0n) is 10.9. The normalized spacial score (nSPS) is 11.3. The van der Waals surface area contributed by atoms with Gasteiger partial charge in [0.1, 0.15) is 5.75 Å². The Morgan fingerprint density at radius 3 is 2.79 bits per heavy atom. The van der Waals surface area contributed by atoms with Crippen LogP contribution in [-0.4, -0.2) is 25.1 Å². The van der Waals surface area contributed by atoms with Crippen LogP contribution in [-0.2, 0) is 4.79 Å². The molecule has 1 atom stereocenters. The number of nitrogens with two attached hydrogens (primary N) is 1. The minimum Gasteiger partial charge on any atom is -0.492 e. The maximum atomic E-state index is 11.5. The van der Waals surface area contributed by atoms with Crippen LogP contribution < -0.4 is 15.8 Å². The van der Waals surface area contributed by atoms with Crippen molar-refractivity contribution in [3.63, 3.8) is 0 Å². The van der Waals surface area contributed by atoms with E-state index >= 15 is 0 Å². The largest absolute Gasteiger partial charge is 0.492 e. The molecule has 0 fully saturated rings. The maximum absolute atomic E-state index is 11.5. The lowest BCUT2D eigenvalue weighted by atomic mass is 10.2. The Hall–Kier alpha value is -0.780. The summed E-state index contributed by atoms with van der Waals surface area (Å²) in [6.45, 7) is 2.90. The van der Waals surface area contributed by atoms with Crippen LogP contribution in [0, 0.1) is 0 Å². The van der Waals surface area contributed by atoms with Gasteiger partial charge in [0.05, 0.1) is 17.5 Å². The summed E-state index contributed by atoms with van der Waals surface area (Å²) < 4.78 is 6.39. The third kappa shape index (κ3) is 8.08. The zero-order chi connectivity index (χ0) is 13.4. The molecule has 0 bridgehead atoms. The van der Waals surface area contributed by atoms with Gasteiger partial charge in [-0.1, -0.05) is 12.1 Å². The van der Waals surface area contributed by atoms with Gasteiger partial charge >= 0.3 is 0 Å². The second kappa shape index (κ2) is 10.1. The lowest BCUT2D eigenvalue weighted by Crippen LogP contribution is -2.29. The van der Waals surface area contributed by atoms with Gasteiger partial charge in [-0.15, -0.1) is 12.4 Å². The van der Waals surface area contributed by atoms with Gasteiger partial charge in [0.15, 0.2) is 0 Å². The Labute approximate surface area is 128 Å². The molecule has 0 aliphatic rings. The fourth-order valence-electron chi connectivity index (χ4n) is 1.34. The topological polar surface area (TPSA) is 64.3 Å². The molecule has 3 N–H and O–H groups in total. The molecule has 0 aliphatic heterocycles. The molecule has 1 amide bonds. The third-order valence-electron chi connectivity index (χ3n) is 2.35. The van der Waals surface area contributed by atoms with E-state index in [2.05, 4.69) is 21.2 Å². The summed E-state index contributed by atoms with van der Waals surface area (Å²) in [6.07, 6.45) is 1.14. The standard InChI is InChI=1S/C13H19BrN2O2.ClH/c1-10(15)6-8-16-13(17)7-9-18-12-5-3-2-4-11(12)14;/h2-5,10H,6-9,15H2,1H3,(H,16,17);1H. The summed E-state index contributed by atoms with van der Waals surface area (Å²) >= 11 is 3.38. The number of carbonyl (C=O) groups is 1. The van der Waals surface area contributed by atoms with Gasteiger partial charge in [0.2, 0.25) is 5.91 Å². The fourth-order valence-corrected chi connectivity index (χ4v) is 1.74. The highest BCUT2D eigenvalue weighted by Gasteiger charge is 2.03. The molecule has 0 aliphatic carbocycles. The summed E-state index contributed by atoms with van der Waals surface area (Å²) in [5.41, 5.74) is 5.59. The van der Waals surface area contributed by atoms with Gasteiger partial charge in [0.25, 0.3) is 0 Å². The van der Waals surface area contributed by atoms with Gasteiger partial charge in [-0.05, 0) is 41.4 Å². The quantitative estimate of drug-likeness (QED) is 0.793. The van der Waals surface area contributed by atoms with Crippen LogP contribution in [0.25, 0.3) is 0 Å². The molecule has 4 nitrogen and oxygen atoms in total. The van der Waals surface area contributed by atoms with Crippen molar-refractivity contribution < 1.29 is 9.53 Å². The Morgan fingerprint density at radius 1 is 1.47 bits per heavy atom. The van der Waals surface area contributed by atoms with Crippen LogP contribution in [0.2, 0.25) is 0 Å². The van der Waals surface area contributed by atoms with E-state index in [1.165, 1.54) is 0 Å². The number of carbonyl (C=O) groups excluding carboxylic acids is 1. The molecule has 0 heterocycles. The lowest BCUT2D eigenvalue weighted by molar-refractivity contribution is -0.121. The van der Waals surface area contributed by atoms with Crippen molar-refractivity contribution in [1.29, 1.82) is 0 Å². The molecular formula is C13H20BrClN2O2. The third-order valence-corrected chi connectivity index (χ3v) is 3.00. The Bertz CT molecular complexity index is 389. The van der Waals surface area contributed by atoms with Crippen LogP contribution in [0.1, 0.15) is 19.8 Å². The smallest absolute Gasteiger partial charge is 0.223 e. The number of hydrogen-bond acceptors (Lipinski definition) is 3. The number of hydrogen-bond donors (Lipinski definition) is 2. The zero-order valence-corrected chi connectivity index (χ0v) is 13.3. The molecule has 1 aromatic carbocycles. The first kappa shape index (κ1) is 18.2. The molecule has 1 unspecified atom stereocenters. The Kier molecular flexibility index (Phi) is 9.65. The molecule has 0 spiro atoms. The number of rotatable bonds is 7. The van der Waals surface area contributed by atoms with E-state index in [1.54, 1.807) is 0 Å². The minimum atomic E-state index is -0.0114. The predicted octanol–water partition coefficient (Wildman–Crippen LogP) is 2.49. The van der Waals surface area contributed by atoms with Crippen molar-refractivity contribution in [3.8, 4) is 5.75 Å². The van der Waals surface area contributed by atoms with E-state index in [0.717, 1.165) is 16.6 Å². The molecule has 0 radical (unpaired) electrons. The van der Waals surface area contributed by atoms with Crippen molar-refractivity contribution in [3.05, 3.63) is 28.7 Å². The second-order valence-electron chi connectivity index (χ2n) is 4.14. The molecule has 0 aromatic heterocycles. The first-order valence-electron chi connectivity index (χ1n) is 5.99. The van der Waals surface area contributed by atoms with Crippen LogP contribution in [0.3, 0.4) is 0 Å². The summed E-state index contributed by atoms with van der Waals surface area (Å²) in [6, 6.07) is 7.68. The highest BCUT2D eigenvalue weighted by Crippen LogP contribution is 2.23. The summed E-state index contributed by atoms with van der Waals surface area (Å²) in [4.78, 5) is 11.5. The molecule has 108 valence electrons. The van der Waals surface area contributed by atoms with Crippen molar-refractivity contribution >= 4 is 34.2 Å². The number of halogens is 2. The van der Waals surface area contributed by atoms with Crippen LogP contribution in [0.4, 0.5) is 0 Å². The van der Waals surface area contributed by atoms with E-state index < -0.39 is 0 Å². The molecule has 1 aromatic rings. The molecule has 0 saturated heterocycles. The van der Waals surface area contributed by atoms with E-state index in [0.29, 0.717) is 19.6 Å². The van der Waals surface area contributed by atoms with Crippen LogP contribution in [0.5, 0.6) is 5.75 Å². The minimum absolute atomic E-state index is 0. The monoisotopic (exact) mass is 350 g/mol. The molecule has 0 saturated carbocycles. The Morgan fingerprint density at radius 2 is 2.16 bits per heavy atom. The van der Waals surface area contributed by atoms with E-state index in [1.807, 2.05) is 31.2 Å². The van der Waals surface area contributed by atoms with Gasteiger partial charge in [-0.25, -0.2) is 0 Å². The number of amides is 1. The lowest BCUT2D eigenvalue weighted by Gasteiger charge is -2.09. The predicted molar refractivity (Wildman–Crippen MR) is 82.8 cm³/mol. The molecule has 19 heavy (non-hydrogen) atoms. The number of para-hydroxylation sites is 1. The van der Waals surface area contributed by atoms with Gasteiger partial charge < -0.3 is 15.8 Å². The average Bonchev–Trinajstić information content (AvgIpc) is 2.31. The fraction of sp³-hybridized carbons (Fsp3) is 0.462. The average molecular weight is 352 g/mol. The van der Waals surface area contributed by atoms with E-state index in [4.69, 9.17) is 10.5 Å².